The Balaban J connectivity index is 1.35. The van der Waals surface area contributed by atoms with Crippen molar-refractivity contribution in [3.8, 4) is 11.1 Å². The predicted molar refractivity (Wildman–Crippen MR) is 173 cm³/mol. The Labute approximate surface area is 256 Å². The molecule has 0 atom stereocenters. The van der Waals surface area contributed by atoms with Crippen LogP contribution in [0.1, 0.15) is 65.5 Å². The summed E-state index contributed by atoms with van der Waals surface area (Å²) in [7, 11) is 1.68. The smallest absolute Gasteiger partial charge is 0.274 e. The number of amides is 2. The molecule has 0 saturated carbocycles. The summed E-state index contributed by atoms with van der Waals surface area (Å²) in [6.45, 7) is 9.16. The van der Waals surface area contributed by atoms with Crippen LogP contribution in [0.4, 0.5) is 17.2 Å². The van der Waals surface area contributed by atoms with Crippen molar-refractivity contribution in [2.45, 2.75) is 46.0 Å². The second kappa shape index (κ2) is 12.3. The van der Waals surface area contributed by atoms with Gasteiger partial charge in [0.15, 0.2) is 0 Å². The first-order chi connectivity index (χ1) is 20.9. The molecule has 44 heavy (non-hydrogen) atoms. The fourth-order valence-electron chi connectivity index (χ4n) is 5.22. The van der Waals surface area contributed by atoms with E-state index in [4.69, 9.17) is 0 Å². The highest BCUT2D eigenvalue weighted by atomic mass is 16.2. The number of pyridine rings is 2. The third kappa shape index (κ3) is 6.62. The van der Waals surface area contributed by atoms with Gasteiger partial charge in [-0.25, -0.2) is 4.98 Å². The summed E-state index contributed by atoms with van der Waals surface area (Å²) in [5.74, 6) is 0.220. The zero-order valence-corrected chi connectivity index (χ0v) is 25.7. The quantitative estimate of drug-likeness (QED) is 0.291. The van der Waals surface area contributed by atoms with Crippen molar-refractivity contribution in [3.63, 3.8) is 0 Å². The third-order valence-corrected chi connectivity index (χ3v) is 7.97. The van der Waals surface area contributed by atoms with E-state index in [9.17, 15) is 19.2 Å². The monoisotopic (exact) mass is 591 g/mol. The number of Topliss-reactive ketones (excluding diaryl/α,β-unsaturated/α-hetero) is 1. The van der Waals surface area contributed by atoms with E-state index in [1.807, 2.05) is 49.4 Å². The lowest BCUT2D eigenvalue weighted by atomic mass is 9.86. The first-order valence-electron chi connectivity index (χ1n) is 14.7. The van der Waals surface area contributed by atoms with Gasteiger partial charge in [-0.2, -0.15) is 0 Å². The number of piperidine rings is 1. The Bertz CT molecular complexity index is 1770. The largest absolute Gasteiger partial charge is 0.338 e. The van der Waals surface area contributed by atoms with Gasteiger partial charge in [0, 0.05) is 62.2 Å². The average molecular weight is 592 g/mol. The van der Waals surface area contributed by atoms with Crippen LogP contribution in [0.5, 0.6) is 0 Å². The number of carbonyl (C=O) groups is 3. The predicted octanol–water partition coefficient (Wildman–Crippen LogP) is 5.85. The van der Waals surface area contributed by atoms with Crippen LogP contribution in [0.2, 0.25) is 0 Å². The van der Waals surface area contributed by atoms with Crippen molar-refractivity contribution in [1.29, 1.82) is 0 Å². The van der Waals surface area contributed by atoms with E-state index < -0.39 is 0 Å². The van der Waals surface area contributed by atoms with Crippen LogP contribution in [0.15, 0.2) is 77.9 Å². The van der Waals surface area contributed by atoms with Crippen LogP contribution in [0, 0.1) is 6.92 Å². The van der Waals surface area contributed by atoms with Crippen LogP contribution < -0.4 is 16.2 Å². The van der Waals surface area contributed by atoms with Gasteiger partial charge in [-0.05, 0) is 65.4 Å². The molecule has 1 aliphatic rings. The number of carbonyl (C=O) groups excluding carboxylic acids is 3. The van der Waals surface area contributed by atoms with Gasteiger partial charge in [0.1, 0.15) is 17.3 Å². The van der Waals surface area contributed by atoms with Gasteiger partial charge in [0.05, 0.1) is 5.56 Å². The molecule has 0 bridgehead atoms. The van der Waals surface area contributed by atoms with E-state index in [1.54, 1.807) is 36.3 Å². The second-order valence-corrected chi connectivity index (χ2v) is 12.2. The number of likely N-dealkylation sites (tertiary alicyclic amines) is 1. The van der Waals surface area contributed by atoms with Gasteiger partial charge < -0.3 is 20.1 Å². The normalized spacial score (nSPS) is 13.5. The maximum Gasteiger partial charge on any atom is 0.274 e. The van der Waals surface area contributed by atoms with Crippen LogP contribution in [0.25, 0.3) is 11.1 Å². The number of nitrogens with zero attached hydrogens (tertiary/aromatic N) is 3. The van der Waals surface area contributed by atoms with Crippen molar-refractivity contribution in [2.75, 3.05) is 23.7 Å². The van der Waals surface area contributed by atoms with Gasteiger partial charge in [0.25, 0.3) is 17.4 Å². The third-order valence-electron chi connectivity index (χ3n) is 7.97. The van der Waals surface area contributed by atoms with Crippen LogP contribution in [0.3, 0.4) is 0 Å². The topological polar surface area (TPSA) is 113 Å². The summed E-state index contributed by atoms with van der Waals surface area (Å²) in [4.78, 5) is 56.5. The first kappa shape index (κ1) is 30.4. The molecule has 1 saturated heterocycles. The molecule has 9 nitrogen and oxygen atoms in total. The summed E-state index contributed by atoms with van der Waals surface area (Å²) in [5, 5.41) is 6.13. The molecule has 1 fully saturated rings. The molecule has 0 aliphatic carbocycles. The average Bonchev–Trinajstić information content (AvgIpc) is 3.00. The SMILES string of the molecule is Cc1c(NC(=O)c2ccc(C(C)(C)C)cc2)cccc1-c1cc(Nc2ccc(C(=O)N3CCC(=O)CC3)cn2)c(=O)n(C)c1. The minimum atomic E-state index is -0.241. The van der Waals surface area contributed by atoms with E-state index in [2.05, 4.69) is 36.4 Å². The zero-order chi connectivity index (χ0) is 31.6. The highest BCUT2D eigenvalue weighted by Gasteiger charge is 2.22. The van der Waals surface area contributed by atoms with E-state index in [1.165, 1.54) is 10.8 Å². The Morgan fingerprint density at radius 1 is 0.886 bits per heavy atom. The maximum atomic E-state index is 13.1. The summed E-state index contributed by atoms with van der Waals surface area (Å²) in [6, 6.07) is 18.4. The van der Waals surface area contributed by atoms with Crippen molar-refractivity contribution in [2.24, 2.45) is 7.05 Å². The summed E-state index contributed by atoms with van der Waals surface area (Å²) < 4.78 is 1.49. The first-order valence-corrected chi connectivity index (χ1v) is 14.7. The van der Waals surface area contributed by atoms with Crippen LogP contribution in [-0.2, 0) is 17.3 Å². The lowest BCUT2D eigenvalue weighted by Gasteiger charge is -2.26. The summed E-state index contributed by atoms with van der Waals surface area (Å²) >= 11 is 0. The van der Waals surface area contributed by atoms with Crippen molar-refractivity contribution in [3.05, 3.63) is 106 Å². The van der Waals surface area contributed by atoms with Crippen LogP contribution in [-0.4, -0.2) is 45.1 Å². The molecule has 3 heterocycles. The Hall–Kier alpha value is -5.05. The molecule has 2 N–H and O–H groups in total. The van der Waals surface area contributed by atoms with E-state index in [0.717, 1.165) is 22.3 Å². The summed E-state index contributed by atoms with van der Waals surface area (Å²) in [5.41, 5.74) is 5.40. The Morgan fingerprint density at radius 3 is 2.20 bits per heavy atom. The molecule has 9 heteroatoms. The molecule has 0 radical (unpaired) electrons. The number of ketones is 1. The molecular weight excluding hydrogens is 554 g/mol. The molecule has 4 aromatic rings. The highest BCUT2D eigenvalue weighted by Crippen LogP contribution is 2.30. The molecule has 2 aromatic carbocycles. The number of hydrogen-bond acceptors (Lipinski definition) is 6. The standard InChI is InChI=1S/C35H37N5O4/c1-22-28(7-6-8-29(22)38-32(42)23-9-12-26(13-10-23)35(2,3)4)25-19-30(34(44)39(5)21-25)37-31-14-11-24(20-36-31)33(43)40-17-15-27(41)16-18-40/h6-14,19-21H,15-18H2,1-5H3,(H,36,37)(H,38,42). The number of anilines is 3. The van der Waals surface area contributed by atoms with Crippen molar-refractivity contribution >= 4 is 34.8 Å². The maximum absolute atomic E-state index is 13.1. The number of hydrogen-bond donors (Lipinski definition) is 2. The molecule has 1 aliphatic heterocycles. The fourth-order valence-corrected chi connectivity index (χ4v) is 5.22. The van der Waals surface area contributed by atoms with E-state index in [-0.39, 0.29) is 28.6 Å². The lowest BCUT2D eigenvalue weighted by molar-refractivity contribution is -0.120. The molecule has 226 valence electrons. The Morgan fingerprint density at radius 2 is 1.57 bits per heavy atom. The molecular formula is C35H37N5O4. The van der Waals surface area contributed by atoms with Gasteiger partial charge in [0.2, 0.25) is 0 Å². The van der Waals surface area contributed by atoms with Gasteiger partial charge >= 0.3 is 0 Å². The minimum Gasteiger partial charge on any atom is -0.338 e. The number of benzene rings is 2. The molecule has 0 unspecified atom stereocenters. The van der Waals surface area contributed by atoms with E-state index >= 15 is 0 Å². The fraction of sp³-hybridized carbons (Fsp3) is 0.286. The number of nitrogens with one attached hydrogen (secondary N) is 2. The number of rotatable bonds is 6. The van der Waals surface area contributed by atoms with Crippen molar-refractivity contribution in [1.82, 2.24) is 14.5 Å². The highest BCUT2D eigenvalue weighted by molar-refractivity contribution is 6.05. The lowest BCUT2D eigenvalue weighted by Crippen LogP contribution is -2.38. The number of aryl methyl sites for hydroxylation is 1. The number of aromatic nitrogens is 2. The second-order valence-electron chi connectivity index (χ2n) is 12.2. The van der Waals surface area contributed by atoms with Crippen molar-refractivity contribution < 1.29 is 14.4 Å². The van der Waals surface area contributed by atoms with Gasteiger partial charge in [-0.15, -0.1) is 0 Å². The van der Waals surface area contributed by atoms with Gasteiger partial charge in [-0.3, -0.25) is 19.2 Å². The van der Waals surface area contributed by atoms with E-state index in [0.29, 0.717) is 54.3 Å². The molecule has 0 spiro atoms. The van der Waals surface area contributed by atoms with Crippen LogP contribution >= 0.6 is 0 Å². The zero-order valence-electron chi connectivity index (χ0n) is 25.7. The summed E-state index contributed by atoms with van der Waals surface area (Å²) in [6.07, 6.45) is 3.98. The molecule has 2 aromatic heterocycles. The molecule has 2 amide bonds. The molecule has 5 rings (SSSR count). The minimum absolute atomic E-state index is 0.00154. The Kier molecular flexibility index (Phi) is 8.49. The van der Waals surface area contributed by atoms with Gasteiger partial charge in [-0.1, -0.05) is 45.0 Å².